The van der Waals surface area contributed by atoms with Crippen LogP contribution in [0.3, 0.4) is 0 Å². The highest BCUT2D eigenvalue weighted by Crippen LogP contribution is 2.28. The van der Waals surface area contributed by atoms with Gasteiger partial charge in [0.2, 0.25) is 5.88 Å². The molecule has 0 aliphatic heterocycles. The molecule has 23 heavy (non-hydrogen) atoms. The molecule has 2 aromatic rings. The Kier molecular flexibility index (Phi) is 5.75. The quantitative estimate of drug-likeness (QED) is 0.538. The molecule has 0 aliphatic carbocycles. The molecule has 7 nitrogen and oxygen atoms in total. The number of aliphatic hydroxyl groups excluding tert-OH is 1. The predicted octanol–water partition coefficient (Wildman–Crippen LogP) is 1.27. The molecular formula is C15H18ClN5O2. The van der Waals surface area contributed by atoms with Gasteiger partial charge in [-0.1, -0.05) is 23.7 Å². The molecule has 0 radical (unpaired) electrons. The van der Waals surface area contributed by atoms with E-state index in [1.54, 1.807) is 18.3 Å². The number of hydrogen-bond donors (Lipinski definition) is 3. The first-order valence-electron chi connectivity index (χ1n) is 6.77. The third-order valence-electron chi connectivity index (χ3n) is 2.94. The molecule has 0 fully saturated rings. The number of hydrazine groups is 1. The highest BCUT2D eigenvalue weighted by atomic mass is 35.5. The molecule has 2 rings (SSSR count). The van der Waals surface area contributed by atoms with Gasteiger partial charge in [-0.3, -0.25) is 0 Å². The molecule has 1 heterocycles. The second-order valence-electron chi connectivity index (χ2n) is 4.76. The van der Waals surface area contributed by atoms with Crippen molar-refractivity contribution >= 4 is 11.6 Å². The number of methoxy groups -OCH3 is 1. The third-order valence-corrected chi connectivity index (χ3v) is 3.17. The second kappa shape index (κ2) is 7.77. The average Bonchev–Trinajstić information content (AvgIpc) is 2.54. The number of hydrogen-bond acceptors (Lipinski definition) is 7. The van der Waals surface area contributed by atoms with Crippen LogP contribution in [0.4, 0.5) is 0 Å². The van der Waals surface area contributed by atoms with Gasteiger partial charge in [-0.2, -0.15) is 0 Å². The van der Waals surface area contributed by atoms with E-state index in [9.17, 15) is 0 Å². The summed E-state index contributed by atoms with van der Waals surface area (Å²) in [5.41, 5.74) is 7.76. The Morgan fingerprint density at radius 1 is 1.48 bits per heavy atom. The Morgan fingerprint density at radius 3 is 2.91 bits per heavy atom. The maximum atomic E-state index is 8.90. The summed E-state index contributed by atoms with van der Waals surface area (Å²) in [6.45, 7) is 0.00101. The Labute approximate surface area is 139 Å². The lowest BCUT2D eigenvalue weighted by Gasteiger charge is -2.15. The van der Waals surface area contributed by atoms with Crippen molar-refractivity contribution in [3.63, 3.8) is 0 Å². The van der Waals surface area contributed by atoms with Crippen molar-refractivity contribution in [1.82, 2.24) is 15.0 Å². The first kappa shape index (κ1) is 17.0. The van der Waals surface area contributed by atoms with E-state index in [4.69, 9.17) is 33.0 Å². The van der Waals surface area contributed by atoms with Gasteiger partial charge in [0.05, 0.1) is 37.8 Å². The summed E-state index contributed by atoms with van der Waals surface area (Å²) in [5, 5.41) is 10.8. The summed E-state index contributed by atoms with van der Waals surface area (Å²) in [6, 6.07) is 7.25. The molecule has 122 valence electrons. The molecule has 8 heteroatoms. The molecule has 0 saturated carbocycles. The average molecular weight is 336 g/mol. The van der Waals surface area contributed by atoms with Crippen LogP contribution in [0, 0.1) is 0 Å². The SMILES string of the molecule is COc1ncc(CN(N)/C=C(\N)CO)nc1-c1cccc(Cl)c1. The standard InChI is InChI=1S/C15H18ClN5O2/c1-23-15-14(10-3-2-4-11(16)5-10)20-13(6-19-15)8-21(18)7-12(17)9-22/h2-7,22H,8-9,17-18H2,1H3/b12-7-. The molecule has 1 aromatic heterocycles. The predicted molar refractivity (Wildman–Crippen MR) is 88.1 cm³/mol. The molecule has 0 spiro atoms. The van der Waals surface area contributed by atoms with E-state index in [-0.39, 0.29) is 18.8 Å². The Morgan fingerprint density at radius 2 is 2.26 bits per heavy atom. The zero-order valence-corrected chi connectivity index (χ0v) is 13.4. The number of ether oxygens (including phenoxy) is 1. The first-order valence-corrected chi connectivity index (χ1v) is 7.15. The topological polar surface area (TPSA) is 111 Å². The summed E-state index contributed by atoms with van der Waals surface area (Å²) in [5.74, 6) is 6.20. The van der Waals surface area contributed by atoms with E-state index in [1.807, 2.05) is 12.1 Å². The van der Waals surface area contributed by atoms with Crippen molar-refractivity contribution in [3.8, 4) is 17.1 Å². The third kappa shape index (κ3) is 4.56. The maximum Gasteiger partial charge on any atom is 0.240 e. The van der Waals surface area contributed by atoms with Crippen LogP contribution in [-0.4, -0.2) is 33.8 Å². The van der Waals surface area contributed by atoms with Crippen molar-refractivity contribution < 1.29 is 9.84 Å². The highest BCUT2D eigenvalue weighted by Gasteiger charge is 2.12. The number of aromatic nitrogens is 2. The van der Waals surface area contributed by atoms with E-state index in [0.29, 0.717) is 22.3 Å². The van der Waals surface area contributed by atoms with Crippen molar-refractivity contribution in [3.05, 3.63) is 53.1 Å². The van der Waals surface area contributed by atoms with Gasteiger partial charge in [0.15, 0.2) is 0 Å². The van der Waals surface area contributed by atoms with Crippen LogP contribution >= 0.6 is 11.6 Å². The molecule has 5 N–H and O–H groups in total. The van der Waals surface area contributed by atoms with Gasteiger partial charge in [-0.05, 0) is 12.1 Å². The van der Waals surface area contributed by atoms with Crippen LogP contribution in [0.15, 0.2) is 42.4 Å². The summed E-state index contributed by atoms with van der Waals surface area (Å²) in [6.07, 6.45) is 3.00. The van der Waals surface area contributed by atoms with E-state index in [0.717, 1.165) is 5.56 Å². The van der Waals surface area contributed by atoms with Crippen LogP contribution in [0.2, 0.25) is 5.02 Å². The van der Waals surface area contributed by atoms with Crippen molar-refractivity contribution in [2.75, 3.05) is 13.7 Å². The van der Waals surface area contributed by atoms with Gasteiger partial charge in [0.25, 0.3) is 0 Å². The molecule has 0 bridgehead atoms. The van der Waals surface area contributed by atoms with Gasteiger partial charge >= 0.3 is 0 Å². The van der Waals surface area contributed by atoms with Gasteiger partial charge in [0, 0.05) is 16.8 Å². The molecule has 0 amide bonds. The maximum absolute atomic E-state index is 8.90. The zero-order chi connectivity index (χ0) is 16.8. The van der Waals surface area contributed by atoms with Gasteiger partial charge < -0.3 is 20.6 Å². The number of halogens is 1. The number of benzene rings is 1. The number of aliphatic hydroxyl groups is 1. The minimum absolute atomic E-state index is 0.254. The number of rotatable bonds is 6. The second-order valence-corrected chi connectivity index (χ2v) is 5.20. The Balaban J connectivity index is 2.32. The van der Waals surface area contributed by atoms with Gasteiger partial charge in [0.1, 0.15) is 5.69 Å². The molecule has 0 atom stereocenters. The largest absolute Gasteiger partial charge is 0.479 e. The monoisotopic (exact) mass is 335 g/mol. The van der Waals surface area contributed by atoms with E-state index < -0.39 is 0 Å². The molecule has 0 unspecified atom stereocenters. The molecule has 0 saturated heterocycles. The zero-order valence-electron chi connectivity index (χ0n) is 12.6. The first-order chi connectivity index (χ1) is 11.0. The normalized spacial score (nSPS) is 11.4. The van der Waals surface area contributed by atoms with Crippen LogP contribution in [-0.2, 0) is 6.54 Å². The fourth-order valence-corrected chi connectivity index (χ4v) is 2.14. The van der Waals surface area contributed by atoms with Crippen LogP contribution in [0.25, 0.3) is 11.3 Å². The Hall–Kier alpha value is -2.35. The molecule has 1 aromatic carbocycles. The minimum Gasteiger partial charge on any atom is -0.479 e. The fourth-order valence-electron chi connectivity index (χ4n) is 1.95. The smallest absolute Gasteiger partial charge is 0.240 e. The van der Waals surface area contributed by atoms with Gasteiger partial charge in [-0.15, -0.1) is 0 Å². The summed E-state index contributed by atoms with van der Waals surface area (Å²) in [4.78, 5) is 8.77. The van der Waals surface area contributed by atoms with Crippen LogP contribution in [0.1, 0.15) is 5.69 Å². The fraction of sp³-hybridized carbons (Fsp3) is 0.200. The van der Waals surface area contributed by atoms with Crippen LogP contribution < -0.4 is 16.3 Å². The lowest BCUT2D eigenvalue weighted by molar-refractivity contribution is 0.317. The minimum atomic E-state index is -0.268. The number of nitrogens with two attached hydrogens (primary N) is 2. The van der Waals surface area contributed by atoms with E-state index in [1.165, 1.54) is 18.3 Å². The summed E-state index contributed by atoms with van der Waals surface area (Å²) < 4.78 is 5.26. The van der Waals surface area contributed by atoms with Gasteiger partial charge in [-0.25, -0.2) is 15.8 Å². The Bertz CT molecular complexity index is 708. The summed E-state index contributed by atoms with van der Waals surface area (Å²) >= 11 is 6.03. The lowest BCUT2D eigenvalue weighted by Crippen LogP contribution is -2.27. The summed E-state index contributed by atoms with van der Waals surface area (Å²) in [7, 11) is 1.53. The van der Waals surface area contributed by atoms with E-state index in [2.05, 4.69) is 9.97 Å². The molecule has 0 aliphatic rings. The lowest BCUT2D eigenvalue weighted by atomic mass is 10.1. The van der Waals surface area contributed by atoms with Crippen molar-refractivity contribution in [1.29, 1.82) is 0 Å². The van der Waals surface area contributed by atoms with Crippen molar-refractivity contribution in [2.24, 2.45) is 11.6 Å². The van der Waals surface area contributed by atoms with Crippen molar-refractivity contribution in [2.45, 2.75) is 6.54 Å². The van der Waals surface area contributed by atoms with Crippen LogP contribution in [0.5, 0.6) is 5.88 Å². The number of nitrogens with zero attached hydrogens (tertiary/aromatic N) is 3. The molecular weight excluding hydrogens is 318 g/mol. The highest BCUT2D eigenvalue weighted by molar-refractivity contribution is 6.30. The van der Waals surface area contributed by atoms with E-state index >= 15 is 0 Å².